The molecule has 226 valence electrons. The molecule has 11 nitrogen and oxygen atoms in total. The lowest BCUT2D eigenvalue weighted by Crippen LogP contribution is -2.46. The Balaban J connectivity index is 1.38. The smallest absolute Gasteiger partial charge is 0.257 e. The molecule has 0 spiro atoms. The van der Waals surface area contributed by atoms with E-state index in [9.17, 15) is 13.2 Å². The number of ether oxygens (including phenoxy) is 2. The van der Waals surface area contributed by atoms with Crippen LogP contribution in [0.2, 0.25) is 0 Å². The summed E-state index contributed by atoms with van der Waals surface area (Å²) in [4.78, 5) is 27.4. The van der Waals surface area contributed by atoms with Crippen molar-refractivity contribution in [1.29, 1.82) is 0 Å². The predicted octanol–water partition coefficient (Wildman–Crippen LogP) is 3.33. The Kier molecular flexibility index (Phi) is 9.05. The summed E-state index contributed by atoms with van der Waals surface area (Å²) in [6.07, 6.45) is 2.37. The summed E-state index contributed by atoms with van der Waals surface area (Å²) in [5.74, 6) is 1.69. The molecule has 1 saturated heterocycles. The number of carbonyl (C=O) groups excluding carboxylic acids is 1. The number of H-pyrrole nitrogens is 1. The van der Waals surface area contributed by atoms with Crippen LogP contribution < -0.4 is 19.1 Å². The van der Waals surface area contributed by atoms with Gasteiger partial charge in [-0.1, -0.05) is 19.1 Å². The fourth-order valence-corrected chi connectivity index (χ4v) is 6.91. The Hall–Kier alpha value is -3.61. The second kappa shape index (κ2) is 12.7. The number of piperazine rings is 1. The number of nitrogens with one attached hydrogen (secondary N) is 2. The Morgan fingerprint density at radius 2 is 1.83 bits per heavy atom. The lowest BCUT2D eigenvalue weighted by atomic mass is 9.99. The number of nitrogens with zero attached hydrogens (tertiary/aromatic N) is 4. The number of benzene rings is 2. The number of aromatic nitrogens is 2. The number of hydrogen-bond acceptors (Lipinski definition) is 8. The van der Waals surface area contributed by atoms with Crippen molar-refractivity contribution in [1.82, 2.24) is 24.5 Å². The van der Waals surface area contributed by atoms with E-state index in [-0.39, 0.29) is 23.5 Å². The first-order valence-corrected chi connectivity index (χ1v) is 15.9. The Morgan fingerprint density at radius 3 is 2.50 bits per heavy atom. The van der Waals surface area contributed by atoms with E-state index < -0.39 is 10.0 Å². The predicted molar refractivity (Wildman–Crippen MR) is 161 cm³/mol. The maximum absolute atomic E-state index is 13.9. The van der Waals surface area contributed by atoms with Gasteiger partial charge in [0, 0.05) is 56.1 Å². The van der Waals surface area contributed by atoms with Gasteiger partial charge in [0.15, 0.2) is 16.5 Å². The van der Waals surface area contributed by atoms with E-state index in [0.717, 1.165) is 55.1 Å². The van der Waals surface area contributed by atoms with Crippen molar-refractivity contribution in [3.05, 3.63) is 65.1 Å². The molecule has 1 amide bonds. The van der Waals surface area contributed by atoms with E-state index in [0.29, 0.717) is 36.7 Å². The molecular formula is C30H40N6O5S. The lowest BCUT2D eigenvalue weighted by Gasteiger charge is -2.36. The third kappa shape index (κ3) is 6.11. The van der Waals surface area contributed by atoms with Crippen LogP contribution in [-0.2, 0) is 16.6 Å². The molecule has 3 aromatic rings. The van der Waals surface area contributed by atoms with E-state index in [1.54, 1.807) is 21.1 Å². The monoisotopic (exact) mass is 596 g/mol. The van der Waals surface area contributed by atoms with E-state index >= 15 is 0 Å². The van der Waals surface area contributed by atoms with E-state index in [1.165, 1.54) is 6.20 Å². The van der Waals surface area contributed by atoms with Gasteiger partial charge in [-0.3, -0.25) is 4.79 Å². The summed E-state index contributed by atoms with van der Waals surface area (Å²) < 4.78 is 39.1. The minimum atomic E-state index is -3.71. The number of aryl methyl sites for hydroxylation is 1. The zero-order valence-electron chi connectivity index (χ0n) is 24.7. The number of likely N-dealkylation sites (N-methyl/N-ethyl adjacent to an activating group) is 1. The number of imidazole rings is 1. The van der Waals surface area contributed by atoms with Crippen LogP contribution in [-0.4, -0.2) is 87.6 Å². The van der Waals surface area contributed by atoms with Crippen molar-refractivity contribution >= 4 is 21.6 Å². The van der Waals surface area contributed by atoms with Crippen LogP contribution >= 0.6 is 0 Å². The fourth-order valence-electron chi connectivity index (χ4n) is 5.87. The summed E-state index contributed by atoms with van der Waals surface area (Å²) in [6.45, 7) is 9.47. The SMILES string of the molecule is CCN1CCN(c2cccc3c2CN([C@H](CCCNS(=O)(=O)c2cnc(C)[nH]2)c2ccc(OC)c(OC)c2)C3=O)CC1. The Morgan fingerprint density at radius 1 is 1.07 bits per heavy atom. The lowest BCUT2D eigenvalue weighted by molar-refractivity contribution is 0.0689. The van der Waals surface area contributed by atoms with Gasteiger partial charge in [-0.05, 0) is 56.1 Å². The second-order valence-electron chi connectivity index (χ2n) is 10.7. The Labute approximate surface area is 247 Å². The molecule has 0 radical (unpaired) electrons. The van der Waals surface area contributed by atoms with Crippen LogP contribution in [0.25, 0.3) is 0 Å². The first-order valence-electron chi connectivity index (χ1n) is 14.4. The number of fused-ring (bicyclic) bond motifs is 1. The molecule has 0 saturated carbocycles. The van der Waals surface area contributed by atoms with Gasteiger partial charge in [-0.2, -0.15) is 0 Å². The molecule has 12 heteroatoms. The average molecular weight is 597 g/mol. The summed E-state index contributed by atoms with van der Waals surface area (Å²) in [7, 11) is -0.538. The summed E-state index contributed by atoms with van der Waals surface area (Å²) in [6, 6.07) is 11.4. The van der Waals surface area contributed by atoms with Crippen molar-refractivity contribution in [2.75, 3.05) is 58.4 Å². The number of hydrogen-bond donors (Lipinski definition) is 2. The molecule has 1 atom stereocenters. The van der Waals surface area contributed by atoms with Crippen molar-refractivity contribution in [2.45, 2.75) is 44.3 Å². The molecule has 2 aliphatic heterocycles. The Bertz CT molecular complexity index is 1520. The van der Waals surface area contributed by atoms with Crippen LogP contribution in [0.1, 0.15) is 53.1 Å². The molecular weight excluding hydrogens is 556 g/mol. The van der Waals surface area contributed by atoms with Crippen LogP contribution in [0.15, 0.2) is 47.6 Å². The van der Waals surface area contributed by atoms with Crippen molar-refractivity contribution in [3.8, 4) is 11.5 Å². The molecule has 0 unspecified atom stereocenters. The molecule has 2 aromatic carbocycles. The zero-order valence-corrected chi connectivity index (χ0v) is 25.5. The van der Waals surface area contributed by atoms with Crippen LogP contribution in [0.3, 0.4) is 0 Å². The molecule has 2 aliphatic rings. The minimum Gasteiger partial charge on any atom is -0.493 e. The highest BCUT2D eigenvalue weighted by Crippen LogP contribution is 2.40. The molecule has 3 heterocycles. The van der Waals surface area contributed by atoms with Crippen LogP contribution in [0, 0.1) is 6.92 Å². The molecule has 0 aliphatic carbocycles. The van der Waals surface area contributed by atoms with Crippen LogP contribution in [0.5, 0.6) is 11.5 Å². The summed E-state index contributed by atoms with van der Waals surface area (Å²) in [5.41, 5.74) is 3.80. The maximum atomic E-state index is 13.9. The van der Waals surface area contributed by atoms with Gasteiger partial charge in [-0.25, -0.2) is 18.1 Å². The van der Waals surface area contributed by atoms with Gasteiger partial charge in [0.25, 0.3) is 15.9 Å². The van der Waals surface area contributed by atoms with Crippen molar-refractivity contribution in [2.24, 2.45) is 0 Å². The van der Waals surface area contributed by atoms with Gasteiger partial charge in [0.2, 0.25) is 0 Å². The van der Waals surface area contributed by atoms with Crippen LogP contribution in [0.4, 0.5) is 5.69 Å². The summed E-state index contributed by atoms with van der Waals surface area (Å²) >= 11 is 0. The highest BCUT2D eigenvalue weighted by molar-refractivity contribution is 7.89. The van der Waals surface area contributed by atoms with Crippen molar-refractivity contribution in [3.63, 3.8) is 0 Å². The number of anilines is 1. The van der Waals surface area contributed by atoms with Gasteiger partial charge in [0.05, 0.1) is 26.5 Å². The van der Waals surface area contributed by atoms with Gasteiger partial charge >= 0.3 is 0 Å². The average Bonchev–Trinajstić information content (AvgIpc) is 3.60. The normalized spacial score (nSPS) is 16.5. The zero-order chi connectivity index (χ0) is 29.9. The number of amides is 1. The molecule has 1 fully saturated rings. The fraction of sp³-hybridized carbons (Fsp3) is 0.467. The first kappa shape index (κ1) is 29.9. The first-order chi connectivity index (χ1) is 20.2. The minimum absolute atomic E-state index is 0.0210. The molecule has 42 heavy (non-hydrogen) atoms. The standard InChI is InChI=1S/C30H40N6O5S/c1-5-34-14-16-35(17-15-34)26-9-6-8-23-24(26)20-36(30(23)37)25(22-11-12-27(40-3)28(18-22)41-4)10-7-13-32-42(38,39)29-19-31-21(2)33-29/h6,8-9,11-12,18-19,25,32H,5,7,10,13-17,20H2,1-4H3,(H,31,33)/t25-/m1/s1. The van der Waals surface area contributed by atoms with Gasteiger partial charge in [-0.15, -0.1) is 0 Å². The molecule has 0 bridgehead atoms. The van der Waals surface area contributed by atoms with Crippen molar-refractivity contribution < 1.29 is 22.7 Å². The largest absolute Gasteiger partial charge is 0.493 e. The number of carbonyl (C=O) groups is 1. The molecule has 1 aromatic heterocycles. The number of aromatic amines is 1. The number of sulfonamides is 1. The van der Waals surface area contributed by atoms with Gasteiger partial charge in [0.1, 0.15) is 5.82 Å². The highest BCUT2D eigenvalue weighted by Gasteiger charge is 2.36. The molecule has 2 N–H and O–H groups in total. The quantitative estimate of drug-likeness (QED) is 0.306. The third-order valence-corrected chi connectivity index (χ3v) is 9.59. The number of methoxy groups -OCH3 is 2. The maximum Gasteiger partial charge on any atom is 0.257 e. The molecule has 5 rings (SSSR count). The second-order valence-corrected chi connectivity index (χ2v) is 12.4. The van der Waals surface area contributed by atoms with E-state index in [1.807, 2.05) is 35.2 Å². The van der Waals surface area contributed by atoms with E-state index in [2.05, 4.69) is 37.5 Å². The van der Waals surface area contributed by atoms with E-state index in [4.69, 9.17) is 9.47 Å². The topological polar surface area (TPSA) is 120 Å². The van der Waals surface area contributed by atoms with Gasteiger partial charge < -0.3 is 29.2 Å². The highest BCUT2D eigenvalue weighted by atomic mass is 32.2. The summed E-state index contributed by atoms with van der Waals surface area (Å²) in [5, 5.41) is 0.0360. The third-order valence-electron chi connectivity index (χ3n) is 8.22. The number of rotatable bonds is 12.